The average Bonchev–Trinajstić information content (AvgIpc) is 3.42. The van der Waals surface area contributed by atoms with Crippen molar-refractivity contribution in [2.45, 2.75) is 6.92 Å². The first-order chi connectivity index (χ1) is 13.7. The van der Waals surface area contributed by atoms with Crippen LogP contribution in [0.4, 0.5) is 0 Å². The third-order valence-corrected chi connectivity index (χ3v) is 5.34. The molecule has 0 aliphatic heterocycles. The van der Waals surface area contributed by atoms with Gasteiger partial charge in [0.1, 0.15) is 11.4 Å². The van der Waals surface area contributed by atoms with Crippen LogP contribution in [0.3, 0.4) is 0 Å². The Hall–Kier alpha value is -3.59. The molecule has 0 bridgehead atoms. The topological polar surface area (TPSA) is 83.0 Å². The summed E-state index contributed by atoms with van der Waals surface area (Å²) in [6.07, 6.45) is 0. The Balaban J connectivity index is 1.56. The second kappa shape index (κ2) is 6.54. The van der Waals surface area contributed by atoms with Gasteiger partial charge in [-0.3, -0.25) is 0 Å². The van der Waals surface area contributed by atoms with E-state index in [1.54, 1.807) is 11.6 Å². The lowest BCUT2D eigenvalue weighted by molar-refractivity contribution is 0.415. The van der Waals surface area contributed by atoms with Gasteiger partial charge in [0.25, 0.3) is 0 Å². The van der Waals surface area contributed by atoms with Gasteiger partial charge in [0.2, 0.25) is 4.96 Å². The summed E-state index contributed by atoms with van der Waals surface area (Å²) in [7, 11) is 1.64. The molecule has 0 aliphatic carbocycles. The molecule has 0 atom stereocenters. The predicted molar refractivity (Wildman–Crippen MR) is 106 cm³/mol. The van der Waals surface area contributed by atoms with Gasteiger partial charge in [-0.1, -0.05) is 34.7 Å². The van der Waals surface area contributed by atoms with Gasteiger partial charge in [0.15, 0.2) is 10.8 Å². The van der Waals surface area contributed by atoms with E-state index in [1.807, 2.05) is 66.2 Å². The van der Waals surface area contributed by atoms with Gasteiger partial charge < -0.3 is 4.74 Å². The van der Waals surface area contributed by atoms with Crippen molar-refractivity contribution in [3.63, 3.8) is 0 Å². The largest absolute Gasteiger partial charge is 0.497 e. The molecule has 8 nitrogen and oxygen atoms in total. The summed E-state index contributed by atoms with van der Waals surface area (Å²) in [5.41, 5.74) is 3.53. The Kier molecular flexibility index (Phi) is 3.87. The van der Waals surface area contributed by atoms with E-state index < -0.39 is 0 Å². The molecule has 0 amide bonds. The van der Waals surface area contributed by atoms with E-state index in [0.717, 1.165) is 33.4 Å². The summed E-state index contributed by atoms with van der Waals surface area (Å²) in [6.45, 7) is 1.98. The summed E-state index contributed by atoms with van der Waals surface area (Å²) < 4.78 is 8.76. The zero-order chi connectivity index (χ0) is 19.1. The highest BCUT2D eigenvalue weighted by Gasteiger charge is 2.19. The van der Waals surface area contributed by atoms with Crippen LogP contribution in [-0.2, 0) is 0 Å². The minimum absolute atomic E-state index is 0.674. The number of ether oxygens (including phenoxy) is 1. The van der Waals surface area contributed by atoms with Gasteiger partial charge in [-0.05, 0) is 43.3 Å². The van der Waals surface area contributed by atoms with Crippen LogP contribution in [0.5, 0.6) is 5.75 Å². The number of hydrogen-bond donors (Lipinski definition) is 0. The number of hydrogen-bond acceptors (Lipinski definition) is 7. The number of rotatable bonds is 4. The molecule has 0 fully saturated rings. The monoisotopic (exact) mass is 389 g/mol. The lowest BCUT2D eigenvalue weighted by Gasteiger charge is -2.02. The maximum absolute atomic E-state index is 5.21. The lowest BCUT2D eigenvalue weighted by Crippen LogP contribution is -1.98. The molecular formula is C19H15N7OS. The fraction of sp³-hybridized carbons (Fsp3) is 0.105. The van der Waals surface area contributed by atoms with E-state index in [4.69, 9.17) is 9.84 Å². The van der Waals surface area contributed by atoms with Gasteiger partial charge in [0, 0.05) is 5.56 Å². The molecule has 28 heavy (non-hydrogen) atoms. The van der Waals surface area contributed by atoms with E-state index in [9.17, 15) is 0 Å². The van der Waals surface area contributed by atoms with Crippen molar-refractivity contribution >= 4 is 16.3 Å². The van der Waals surface area contributed by atoms with Crippen LogP contribution in [-0.4, -0.2) is 41.9 Å². The molecule has 5 aromatic rings. The second-order valence-electron chi connectivity index (χ2n) is 6.12. The summed E-state index contributed by atoms with van der Waals surface area (Å²) in [4.78, 5) is 0.703. The molecule has 0 unspecified atom stereocenters. The van der Waals surface area contributed by atoms with Gasteiger partial charge in [-0.15, -0.1) is 15.3 Å². The van der Waals surface area contributed by atoms with Gasteiger partial charge >= 0.3 is 0 Å². The fourth-order valence-electron chi connectivity index (χ4n) is 2.97. The number of methoxy groups -OCH3 is 1. The molecule has 9 heteroatoms. The summed E-state index contributed by atoms with van der Waals surface area (Å²) in [5.74, 6) is 1.46. The first-order valence-corrected chi connectivity index (χ1v) is 9.41. The highest BCUT2D eigenvalue weighted by molar-refractivity contribution is 7.19. The number of benzene rings is 2. The molecule has 0 aliphatic rings. The van der Waals surface area contributed by atoms with E-state index in [2.05, 4.69) is 20.5 Å². The Morgan fingerprint density at radius 2 is 1.71 bits per heavy atom. The van der Waals surface area contributed by atoms with Crippen LogP contribution in [0.2, 0.25) is 0 Å². The minimum Gasteiger partial charge on any atom is -0.497 e. The van der Waals surface area contributed by atoms with E-state index in [-0.39, 0.29) is 0 Å². The van der Waals surface area contributed by atoms with Crippen LogP contribution >= 0.6 is 11.3 Å². The lowest BCUT2D eigenvalue weighted by atomic mass is 10.2. The number of aromatic nitrogens is 7. The molecule has 138 valence electrons. The van der Waals surface area contributed by atoms with Crippen LogP contribution < -0.4 is 4.74 Å². The molecule has 2 aromatic carbocycles. The smallest absolute Gasteiger partial charge is 0.235 e. The number of para-hydroxylation sites is 1. The standard InChI is InChI=1S/C19H15N7OS/c1-12-16(20-24-25(12)14-6-4-3-5-7-14)18-23-26-17(21-22-19(26)28-18)13-8-10-15(27-2)11-9-13/h3-11H,1-2H3. The Morgan fingerprint density at radius 1 is 0.929 bits per heavy atom. The van der Waals surface area contributed by atoms with Crippen molar-refractivity contribution in [1.29, 1.82) is 0 Å². The summed E-state index contributed by atoms with van der Waals surface area (Å²) in [6, 6.07) is 17.5. The van der Waals surface area contributed by atoms with Gasteiger partial charge in [-0.25, -0.2) is 4.68 Å². The molecule has 0 saturated carbocycles. The number of nitrogens with zero attached hydrogens (tertiary/aromatic N) is 7. The molecule has 0 radical (unpaired) electrons. The van der Waals surface area contributed by atoms with Crippen LogP contribution in [0.25, 0.3) is 32.7 Å². The fourth-order valence-corrected chi connectivity index (χ4v) is 3.85. The highest BCUT2D eigenvalue weighted by atomic mass is 32.1. The quantitative estimate of drug-likeness (QED) is 0.468. The van der Waals surface area contributed by atoms with Crippen LogP contribution in [0.1, 0.15) is 5.69 Å². The van der Waals surface area contributed by atoms with Crippen molar-refractivity contribution in [3.8, 4) is 33.5 Å². The molecular weight excluding hydrogens is 374 g/mol. The minimum atomic E-state index is 0.674. The van der Waals surface area contributed by atoms with E-state index in [0.29, 0.717) is 10.8 Å². The second-order valence-corrected chi connectivity index (χ2v) is 7.08. The maximum atomic E-state index is 5.21. The van der Waals surface area contributed by atoms with E-state index in [1.165, 1.54) is 11.3 Å². The SMILES string of the molecule is COc1ccc(-c2nnc3sc(-c4nnn(-c5ccccc5)c4C)nn23)cc1. The van der Waals surface area contributed by atoms with Crippen molar-refractivity contribution in [1.82, 2.24) is 34.8 Å². The first-order valence-electron chi connectivity index (χ1n) is 8.59. The first kappa shape index (κ1) is 16.6. The molecule has 3 aromatic heterocycles. The molecule has 5 rings (SSSR count). The average molecular weight is 389 g/mol. The highest BCUT2D eigenvalue weighted by Crippen LogP contribution is 2.29. The molecule has 0 spiro atoms. The zero-order valence-corrected chi connectivity index (χ0v) is 16.0. The van der Waals surface area contributed by atoms with Crippen LogP contribution in [0, 0.1) is 6.92 Å². The Morgan fingerprint density at radius 3 is 2.46 bits per heavy atom. The number of fused-ring (bicyclic) bond motifs is 1. The predicted octanol–water partition coefficient (Wildman–Crippen LogP) is 3.42. The Labute approximate surface area is 164 Å². The van der Waals surface area contributed by atoms with E-state index >= 15 is 0 Å². The van der Waals surface area contributed by atoms with Gasteiger partial charge in [0.05, 0.1) is 18.5 Å². The summed E-state index contributed by atoms with van der Waals surface area (Å²) in [5, 5.41) is 22.6. The Bertz CT molecular complexity index is 1250. The normalized spacial score (nSPS) is 11.2. The molecule has 3 heterocycles. The molecule has 0 N–H and O–H groups in total. The van der Waals surface area contributed by atoms with Crippen molar-refractivity contribution in [2.75, 3.05) is 7.11 Å². The van der Waals surface area contributed by atoms with Gasteiger partial charge in [-0.2, -0.15) is 9.61 Å². The molecule has 0 saturated heterocycles. The maximum Gasteiger partial charge on any atom is 0.235 e. The van der Waals surface area contributed by atoms with Crippen molar-refractivity contribution in [3.05, 3.63) is 60.3 Å². The zero-order valence-electron chi connectivity index (χ0n) is 15.1. The van der Waals surface area contributed by atoms with Crippen LogP contribution in [0.15, 0.2) is 54.6 Å². The third-order valence-electron chi connectivity index (χ3n) is 4.44. The van der Waals surface area contributed by atoms with Crippen molar-refractivity contribution < 1.29 is 4.74 Å². The summed E-state index contributed by atoms with van der Waals surface area (Å²) >= 11 is 1.43. The van der Waals surface area contributed by atoms with Crippen molar-refractivity contribution in [2.24, 2.45) is 0 Å². The third kappa shape index (κ3) is 2.64.